The molecule has 0 unspecified atom stereocenters. The van der Waals surface area contributed by atoms with Crippen molar-refractivity contribution in [3.8, 4) is 6.07 Å². The zero-order valence-corrected chi connectivity index (χ0v) is 15.6. The molecule has 1 amide bonds. The molecule has 1 fully saturated rings. The van der Waals surface area contributed by atoms with Crippen LogP contribution in [0.3, 0.4) is 0 Å². The van der Waals surface area contributed by atoms with Crippen LogP contribution in [0.15, 0.2) is 54.6 Å². The standard InChI is InChI=1S/C22H23FN4O/c23-20-5-7-21(8-6-20)27-14-12-26(13-15-27)11-10-25-22(28)9-4-18-2-1-3-19(16-18)17-24/h1-9,16H,10-15H2,(H,25,28)/b9-4+. The first kappa shape index (κ1) is 19.6. The SMILES string of the molecule is N#Cc1cccc(/C=C/C(=O)NCCN2CCN(c3ccc(F)cc3)CC2)c1. The molecule has 0 radical (unpaired) electrons. The normalized spacial score (nSPS) is 14.8. The largest absolute Gasteiger partial charge is 0.369 e. The first-order valence-electron chi connectivity index (χ1n) is 9.33. The Kier molecular flexibility index (Phi) is 6.77. The van der Waals surface area contributed by atoms with Crippen LogP contribution in [0.1, 0.15) is 11.1 Å². The van der Waals surface area contributed by atoms with E-state index >= 15 is 0 Å². The van der Waals surface area contributed by atoms with Crippen LogP contribution in [0.2, 0.25) is 0 Å². The number of piperazine rings is 1. The molecular weight excluding hydrogens is 355 g/mol. The maximum atomic E-state index is 13.0. The highest BCUT2D eigenvalue weighted by atomic mass is 19.1. The highest BCUT2D eigenvalue weighted by molar-refractivity contribution is 5.91. The number of nitriles is 1. The van der Waals surface area contributed by atoms with Gasteiger partial charge in [0, 0.05) is 51.0 Å². The number of carbonyl (C=O) groups is 1. The van der Waals surface area contributed by atoms with Crippen molar-refractivity contribution in [2.24, 2.45) is 0 Å². The lowest BCUT2D eigenvalue weighted by atomic mass is 10.1. The number of rotatable bonds is 6. The lowest BCUT2D eigenvalue weighted by Crippen LogP contribution is -2.48. The van der Waals surface area contributed by atoms with Gasteiger partial charge in [0.25, 0.3) is 0 Å². The van der Waals surface area contributed by atoms with Crippen molar-refractivity contribution in [1.29, 1.82) is 5.26 Å². The number of hydrogen-bond acceptors (Lipinski definition) is 4. The maximum Gasteiger partial charge on any atom is 0.244 e. The monoisotopic (exact) mass is 378 g/mol. The Balaban J connectivity index is 1.37. The molecule has 1 aliphatic rings. The molecular formula is C22H23FN4O. The number of anilines is 1. The fraction of sp³-hybridized carbons (Fsp3) is 0.273. The fourth-order valence-corrected chi connectivity index (χ4v) is 3.16. The van der Waals surface area contributed by atoms with Crippen LogP contribution in [-0.2, 0) is 4.79 Å². The highest BCUT2D eigenvalue weighted by Gasteiger charge is 2.16. The third-order valence-corrected chi connectivity index (χ3v) is 4.73. The Bertz CT molecular complexity index is 865. The zero-order valence-electron chi connectivity index (χ0n) is 15.6. The molecule has 1 saturated heterocycles. The van der Waals surface area contributed by atoms with E-state index in [1.54, 1.807) is 24.3 Å². The van der Waals surface area contributed by atoms with Gasteiger partial charge in [-0.3, -0.25) is 9.69 Å². The van der Waals surface area contributed by atoms with Crippen LogP contribution in [0.4, 0.5) is 10.1 Å². The van der Waals surface area contributed by atoms with Crippen LogP contribution in [0.5, 0.6) is 0 Å². The molecule has 1 heterocycles. The molecule has 0 aliphatic carbocycles. The van der Waals surface area contributed by atoms with E-state index in [0.29, 0.717) is 12.1 Å². The van der Waals surface area contributed by atoms with Crippen LogP contribution in [0, 0.1) is 17.1 Å². The summed E-state index contributed by atoms with van der Waals surface area (Å²) in [5, 5.41) is 11.8. The van der Waals surface area contributed by atoms with Gasteiger partial charge in [0.05, 0.1) is 11.6 Å². The van der Waals surface area contributed by atoms with Crippen molar-refractivity contribution in [1.82, 2.24) is 10.2 Å². The number of benzene rings is 2. The van der Waals surface area contributed by atoms with E-state index in [1.807, 2.05) is 18.2 Å². The summed E-state index contributed by atoms with van der Waals surface area (Å²) in [6.07, 6.45) is 3.20. The van der Waals surface area contributed by atoms with E-state index in [1.165, 1.54) is 18.2 Å². The molecule has 1 aliphatic heterocycles. The maximum absolute atomic E-state index is 13.0. The molecule has 6 heteroatoms. The van der Waals surface area contributed by atoms with Gasteiger partial charge >= 0.3 is 0 Å². The molecule has 28 heavy (non-hydrogen) atoms. The highest BCUT2D eigenvalue weighted by Crippen LogP contribution is 2.16. The van der Waals surface area contributed by atoms with Crippen molar-refractivity contribution in [2.45, 2.75) is 0 Å². The van der Waals surface area contributed by atoms with Gasteiger partial charge in [-0.25, -0.2) is 4.39 Å². The zero-order chi connectivity index (χ0) is 19.8. The number of amides is 1. The fourth-order valence-electron chi connectivity index (χ4n) is 3.16. The van der Waals surface area contributed by atoms with Crippen LogP contribution in [-0.4, -0.2) is 50.1 Å². The molecule has 1 N–H and O–H groups in total. The Morgan fingerprint density at radius 1 is 1.14 bits per heavy atom. The first-order valence-corrected chi connectivity index (χ1v) is 9.33. The number of hydrogen-bond donors (Lipinski definition) is 1. The smallest absolute Gasteiger partial charge is 0.244 e. The van der Waals surface area contributed by atoms with Crippen molar-refractivity contribution < 1.29 is 9.18 Å². The first-order chi connectivity index (χ1) is 13.6. The van der Waals surface area contributed by atoms with E-state index in [4.69, 9.17) is 5.26 Å². The molecule has 3 rings (SSSR count). The van der Waals surface area contributed by atoms with Crippen molar-refractivity contribution in [3.63, 3.8) is 0 Å². The van der Waals surface area contributed by atoms with Crippen LogP contribution >= 0.6 is 0 Å². The van der Waals surface area contributed by atoms with Gasteiger partial charge < -0.3 is 10.2 Å². The molecule has 5 nitrogen and oxygen atoms in total. The Labute approximate surface area is 164 Å². The van der Waals surface area contributed by atoms with Crippen LogP contribution < -0.4 is 10.2 Å². The van der Waals surface area contributed by atoms with Crippen molar-refractivity contribution in [2.75, 3.05) is 44.2 Å². The average molecular weight is 378 g/mol. The van der Waals surface area contributed by atoms with Gasteiger partial charge in [-0.15, -0.1) is 0 Å². The van der Waals surface area contributed by atoms with Crippen molar-refractivity contribution >= 4 is 17.7 Å². The predicted molar refractivity (Wildman–Crippen MR) is 108 cm³/mol. The Hall–Kier alpha value is -3.17. The number of nitrogens with zero attached hydrogens (tertiary/aromatic N) is 3. The molecule has 0 spiro atoms. The predicted octanol–water partition coefficient (Wildman–Crippen LogP) is 2.65. The average Bonchev–Trinajstić information content (AvgIpc) is 2.73. The summed E-state index contributed by atoms with van der Waals surface area (Å²) >= 11 is 0. The summed E-state index contributed by atoms with van der Waals surface area (Å²) in [4.78, 5) is 16.5. The molecule has 0 saturated carbocycles. The van der Waals surface area contributed by atoms with Gasteiger partial charge in [0.2, 0.25) is 5.91 Å². The van der Waals surface area contributed by atoms with E-state index in [-0.39, 0.29) is 11.7 Å². The topological polar surface area (TPSA) is 59.4 Å². The second-order valence-corrected chi connectivity index (χ2v) is 6.67. The molecule has 2 aromatic rings. The van der Waals surface area contributed by atoms with Crippen molar-refractivity contribution in [3.05, 3.63) is 71.6 Å². The minimum atomic E-state index is -0.218. The third kappa shape index (κ3) is 5.66. The van der Waals surface area contributed by atoms with E-state index in [9.17, 15) is 9.18 Å². The molecule has 0 aromatic heterocycles. The quantitative estimate of drug-likeness (QED) is 0.785. The lowest BCUT2D eigenvalue weighted by molar-refractivity contribution is -0.116. The summed E-state index contributed by atoms with van der Waals surface area (Å²) < 4.78 is 13.0. The van der Waals surface area contributed by atoms with E-state index < -0.39 is 0 Å². The Morgan fingerprint density at radius 2 is 1.89 bits per heavy atom. The van der Waals surface area contributed by atoms with Crippen LogP contribution in [0.25, 0.3) is 6.08 Å². The van der Waals surface area contributed by atoms with Gasteiger partial charge in [-0.1, -0.05) is 12.1 Å². The van der Waals surface area contributed by atoms with Gasteiger partial charge in [-0.05, 0) is 48.0 Å². The van der Waals surface area contributed by atoms with E-state index in [0.717, 1.165) is 44.0 Å². The molecule has 2 aromatic carbocycles. The molecule has 0 bridgehead atoms. The summed E-state index contributed by atoms with van der Waals surface area (Å²) in [5.41, 5.74) is 2.44. The number of carbonyl (C=O) groups excluding carboxylic acids is 1. The minimum absolute atomic E-state index is 0.146. The third-order valence-electron chi connectivity index (χ3n) is 4.73. The lowest BCUT2D eigenvalue weighted by Gasteiger charge is -2.36. The minimum Gasteiger partial charge on any atom is -0.369 e. The summed E-state index contributed by atoms with van der Waals surface area (Å²) in [6.45, 7) is 4.95. The molecule has 144 valence electrons. The number of halogens is 1. The molecule has 0 atom stereocenters. The van der Waals surface area contributed by atoms with Gasteiger partial charge in [0.1, 0.15) is 5.82 Å². The summed E-state index contributed by atoms with van der Waals surface area (Å²) in [5.74, 6) is -0.364. The van der Waals surface area contributed by atoms with Gasteiger partial charge in [-0.2, -0.15) is 5.26 Å². The summed E-state index contributed by atoms with van der Waals surface area (Å²) in [6, 6.07) is 15.8. The van der Waals surface area contributed by atoms with E-state index in [2.05, 4.69) is 21.2 Å². The Morgan fingerprint density at radius 3 is 2.61 bits per heavy atom. The second-order valence-electron chi connectivity index (χ2n) is 6.67. The number of nitrogens with one attached hydrogen (secondary N) is 1. The van der Waals surface area contributed by atoms with Gasteiger partial charge in [0.15, 0.2) is 0 Å². The summed E-state index contributed by atoms with van der Waals surface area (Å²) in [7, 11) is 0. The second kappa shape index (κ2) is 9.67.